The molecule has 0 radical (unpaired) electrons. The van der Waals surface area contributed by atoms with Crippen molar-refractivity contribution in [2.45, 2.75) is 52.0 Å². The Kier molecular flexibility index (Phi) is 9.79. The maximum absolute atomic E-state index is 13.4. The maximum atomic E-state index is 13.4. The van der Waals surface area contributed by atoms with Gasteiger partial charge in [0.1, 0.15) is 5.75 Å². The monoisotopic (exact) mass is 533 g/mol. The standard InChI is InChI=1S/C31H36ClN3O3/c1-22(2)33-18-6-8-20-38-29-11-4-3-10-27(29)30(36)34-26-15-12-23(13-16-26)31(37)35-19-7-5-9-24-21-25(32)14-17-28(24)35/h3-4,10-17,21-22,33H,5-9,18-20H2,1-2H3,(H,34,36). The Bertz CT molecular complexity index is 1240. The molecule has 0 bridgehead atoms. The Balaban J connectivity index is 1.38. The van der Waals surface area contributed by atoms with E-state index in [0.29, 0.717) is 46.8 Å². The first-order valence-electron chi connectivity index (χ1n) is 13.4. The predicted octanol–water partition coefficient (Wildman–Crippen LogP) is 6.73. The molecule has 0 saturated heterocycles. The summed E-state index contributed by atoms with van der Waals surface area (Å²) in [7, 11) is 0. The molecule has 7 heteroatoms. The Morgan fingerprint density at radius 2 is 1.79 bits per heavy atom. The van der Waals surface area contributed by atoms with Crippen molar-refractivity contribution in [3.8, 4) is 5.75 Å². The second-order valence-electron chi connectivity index (χ2n) is 9.88. The Morgan fingerprint density at radius 1 is 1.00 bits per heavy atom. The molecular formula is C31H36ClN3O3. The van der Waals surface area contributed by atoms with E-state index in [1.807, 2.05) is 41.3 Å². The van der Waals surface area contributed by atoms with Crippen molar-refractivity contribution in [2.24, 2.45) is 0 Å². The highest BCUT2D eigenvalue weighted by Gasteiger charge is 2.23. The maximum Gasteiger partial charge on any atom is 0.259 e. The van der Waals surface area contributed by atoms with Crippen molar-refractivity contribution >= 4 is 34.8 Å². The van der Waals surface area contributed by atoms with Gasteiger partial charge in [0.2, 0.25) is 0 Å². The Labute approximate surface area is 230 Å². The number of carbonyl (C=O) groups excluding carboxylic acids is 2. The minimum Gasteiger partial charge on any atom is -0.493 e. The van der Waals surface area contributed by atoms with Crippen LogP contribution in [0.2, 0.25) is 5.02 Å². The van der Waals surface area contributed by atoms with Crippen LogP contribution in [-0.4, -0.2) is 37.6 Å². The first-order chi connectivity index (χ1) is 18.4. The van der Waals surface area contributed by atoms with Gasteiger partial charge >= 0.3 is 0 Å². The van der Waals surface area contributed by atoms with Gasteiger partial charge < -0.3 is 20.3 Å². The Morgan fingerprint density at radius 3 is 2.58 bits per heavy atom. The third-order valence-corrected chi connectivity index (χ3v) is 6.79. The number of para-hydroxylation sites is 1. The van der Waals surface area contributed by atoms with Crippen LogP contribution in [0.5, 0.6) is 5.75 Å². The lowest BCUT2D eigenvalue weighted by atomic mass is 10.1. The van der Waals surface area contributed by atoms with Crippen LogP contribution in [0.3, 0.4) is 0 Å². The van der Waals surface area contributed by atoms with Gasteiger partial charge in [0, 0.05) is 34.5 Å². The zero-order valence-corrected chi connectivity index (χ0v) is 22.9. The van der Waals surface area contributed by atoms with Gasteiger partial charge in [-0.25, -0.2) is 0 Å². The summed E-state index contributed by atoms with van der Waals surface area (Å²) >= 11 is 6.19. The number of ether oxygens (including phenoxy) is 1. The lowest BCUT2D eigenvalue weighted by Gasteiger charge is -2.23. The highest BCUT2D eigenvalue weighted by atomic mass is 35.5. The molecule has 2 amide bonds. The summed E-state index contributed by atoms with van der Waals surface area (Å²) in [5.41, 5.74) is 3.68. The highest BCUT2D eigenvalue weighted by Crippen LogP contribution is 2.30. The molecule has 2 N–H and O–H groups in total. The van der Waals surface area contributed by atoms with E-state index < -0.39 is 0 Å². The summed E-state index contributed by atoms with van der Waals surface area (Å²) in [4.78, 5) is 28.2. The fourth-order valence-electron chi connectivity index (χ4n) is 4.56. The topological polar surface area (TPSA) is 70.7 Å². The fourth-order valence-corrected chi connectivity index (χ4v) is 4.76. The molecule has 0 saturated carbocycles. The number of fused-ring (bicyclic) bond motifs is 1. The third kappa shape index (κ3) is 7.36. The van der Waals surface area contributed by atoms with E-state index in [-0.39, 0.29) is 11.8 Å². The first-order valence-corrected chi connectivity index (χ1v) is 13.8. The van der Waals surface area contributed by atoms with Crippen molar-refractivity contribution in [3.63, 3.8) is 0 Å². The largest absolute Gasteiger partial charge is 0.493 e. The van der Waals surface area contributed by atoms with Crippen LogP contribution >= 0.6 is 11.6 Å². The van der Waals surface area contributed by atoms with Crippen molar-refractivity contribution in [1.82, 2.24) is 5.32 Å². The van der Waals surface area contributed by atoms with Crippen LogP contribution in [-0.2, 0) is 6.42 Å². The van der Waals surface area contributed by atoms with Crippen LogP contribution < -0.4 is 20.3 Å². The van der Waals surface area contributed by atoms with Gasteiger partial charge in [-0.2, -0.15) is 0 Å². The number of anilines is 2. The number of nitrogens with zero attached hydrogens (tertiary/aromatic N) is 1. The number of benzene rings is 3. The molecule has 0 aromatic heterocycles. The number of nitrogens with one attached hydrogen (secondary N) is 2. The number of hydrogen-bond donors (Lipinski definition) is 2. The zero-order valence-electron chi connectivity index (χ0n) is 22.1. The van der Waals surface area contributed by atoms with E-state index in [2.05, 4.69) is 24.5 Å². The van der Waals surface area contributed by atoms with Gasteiger partial charge in [0.15, 0.2) is 0 Å². The van der Waals surface area contributed by atoms with E-state index >= 15 is 0 Å². The molecule has 38 heavy (non-hydrogen) atoms. The highest BCUT2D eigenvalue weighted by molar-refractivity contribution is 6.30. The molecule has 1 heterocycles. The number of hydrogen-bond acceptors (Lipinski definition) is 4. The second-order valence-corrected chi connectivity index (χ2v) is 10.3. The van der Waals surface area contributed by atoms with Crippen molar-refractivity contribution in [3.05, 3.63) is 88.4 Å². The summed E-state index contributed by atoms with van der Waals surface area (Å²) in [6.07, 6.45) is 4.77. The number of unbranched alkanes of at least 4 members (excludes halogenated alkanes) is 1. The average molecular weight is 534 g/mol. The van der Waals surface area contributed by atoms with Crippen LogP contribution in [0.15, 0.2) is 66.7 Å². The SMILES string of the molecule is CC(C)NCCCCOc1ccccc1C(=O)Nc1ccc(C(=O)N2CCCCc3cc(Cl)ccc32)cc1. The van der Waals surface area contributed by atoms with Crippen molar-refractivity contribution in [2.75, 3.05) is 29.9 Å². The molecule has 0 unspecified atom stereocenters. The Hall–Kier alpha value is -3.35. The smallest absolute Gasteiger partial charge is 0.259 e. The van der Waals surface area contributed by atoms with Crippen LogP contribution in [0.4, 0.5) is 11.4 Å². The summed E-state index contributed by atoms with van der Waals surface area (Å²) in [5, 5.41) is 7.01. The molecule has 1 aliphatic rings. The van der Waals surface area contributed by atoms with E-state index in [1.165, 1.54) is 0 Å². The number of carbonyl (C=O) groups is 2. The van der Waals surface area contributed by atoms with Crippen molar-refractivity contribution < 1.29 is 14.3 Å². The van der Waals surface area contributed by atoms with Gasteiger partial charge in [-0.3, -0.25) is 9.59 Å². The first kappa shape index (κ1) is 27.7. The van der Waals surface area contributed by atoms with E-state index in [4.69, 9.17) is 16.3 Å². The fraction of sp³-hybridized carbons (Fsp3) is 0.355. The molecule has 6 nitrogen and oxygen atoms in total. The molecule has 0 spiro atoms. The number of aryl methyl sites for hydroxylation is 1. The number of halogens is 1. The quantitative estimate of drug-likeness (QED) is 0.283. The van der Waals surface area contributed by atoms with Gasteiger partial charge in [-0.15, -0.1) is 0 Å². The van der Waals surface area contributed by atoms with E-state index in [9.17, 15) is 9.59 Å². The number of amides is 2. The molecule has 200 valence electrons. The van der Waals surface area contributed by atoms with Crippen LogP contribution in [0, 0.1) is 0 Å². The lowest BCUT2D eigenvalue weighted by Crippen LogP contribution is -2.31. The third-order valence-electron chi connectivity index (χ3n) is 6.56. The lowest BCUT2D eigenvalue weighted by molar-refractivity contribution is 0.0985. The average Bonchev–Trinajstić information content (AvgIpc) is 3.12. The summed E-state index contributed by atoms with van der Waals surface area (Å²) in [5.74, 6) is 0.253. The van der Waals surface area contributed by atoms with E-state index in [1.54, 1.807) is 30.3 Å². The summed E-state index contributed by atoms with van der Waals surface area (Å²) < 4.78 is 5.92. The van der Waals surface area contributed by atoms with E-state index in [0.717, 1.165) is 49.9 Å². The minimum atomic E-state index is -0.250. The molecule has 0 fully saturated rings. The normalized spacial score (nSPS) is 13.1. The van der Waals surface area contributed by atoms with Gasteiger partial charge in [-0.1, -0.05) is 37.6 Å². The zero-order chi connectivity index (χ0) is 26.9. The molecule has 0 aliphatic carbocycles. The van der Waals surface area contributed by atoms with Crippen molar-refractivity contribution in [1.29, 1.82) is 0 Å². The molecule has 0 atom stereocenters. The molecule has 3 aromatic rings. The second kappa shape index (κ2) is 13.4. The van der Waals surface area contributed by atoms with Gasteiger partial charge in [-0.05, 0) is 98.8 Å². The summed E-state index contributed by atoms with van der Waals surface area (Å²) in [6.45, 7) is 6.41. The molecule has 3 aromatic carbocycles. The predicted molar refractivity (Wildman–Crippen MR) is 155 cm³/mol. The van der Waals surface area contributed by atoms with Gasteiger partial charge in [0.25, 0.3) is 11.8 Å². The molecular weight excluding hydrogens is 498 g/mol. The van der Waals surface area contributed by atoms with Gasteiger partial charge in [0.05, 0.1) is 12.2 Å². The van der Waals surface area contributed by atoms with Crippen LogP contribution in [0.25, 0.3) is 0 Å². The molecule has 4 rings (SSSR count). The number of rotatable bonds is 10. The molecule has 1 aliphatic heterocycles. The summed E-state index contributed by atoms with van der Waals surface area (Å²) in [6, 6.07) is 20.5. The van der Waals surface area contributed by atoms with Crippen LogP contribution in [0.1, 0.15) is 65.8 Å². The minimum absolute atomic E-state index is 0.0595.